The molecule has 0 aliphatic rings. The lowest BCUT2D eigenvalue weighted by Gasteiger charge is -2.32. The molecule has 0 bridgehead atoms. The molecule has 8 nitrogen and oxygen atoms in total. The summed E-state index contributed by atoms with van der Waals surface area (Å²) in [6, 6.07) is 19.1. The van der Waals surface area contributed by atoms with Crippen LogP contribution < -0.4 is 14.4 Å². The van der Waals surface area contributed by atoms with Gasteiger partial charge in [-0.25, -0.2) is 8.42 Å². The van der Waals surface area contributed by atoms with Crippen molar-refractivity contribution in [2.45, 2.75) is 51.2 Å². The zero-order chi connectivity index (χ0) is 28.7. The fraction of sp³-hybridized carbons (Fsp3) is 0.310. The number of carbonyl (C=O) groups excluding carboxylic acids is 2. The lowest BCUT2D eigenvalue weighted by Crippen LogP contribution is -2.52. The number of ether oxygens (including phenoxy) is 1. The zero-order valence-electron chi connectivity index (χ0n) is 22.7. The Morgan fingerprint density at radius 2 is 1.62 bits per heavy atom. The second kappa shape index (κ2) is 13.0. The first-order valence-electron chi connectivity index (χ1n) is 12.5. The molecule has 208 valence electrons. The van der Waals surface area contributed by atoms with Gasteiger partial charge in [-0.3, -0.25) is 13.9 Å². The number of sulfonamides is 1. The van der Waals surface area contributed by atoms with E-state index in [4.69, 9.17) is 16.3 Å². The number of rotatable bonds is 11. The molecule has 1 N–H and O–H groups in total. The maximum absolute atomic E-state index is 14.0. The number of benzene rings is 3. The molecule has 0 spiro atoms. The Hall–Kier alpha value is -3.56. The van der Waals surface area contributed by atoms with Crippen molar-refractivity contribution in [3.63, 3.8) is 0 Å². The zero-order valence-corrected chi connectivity index (χ0v) is 24.3. The van der Waals surface area contributed by atoms with Crippen LogP contribution in [0.25, 0.3) is 0 Å². The molecule has 0 aliphatic carbocycles. The first-order chi connectivity index (χ1) is 18.4. The molecule has 1 atom stereocenters. The number of nitrogens with one attached hydrogen (secondary N) is 1. The predicted molar refractivity (Wildman–Crippen MR) is 153 cm³/mol. The summed E-state index contributed by atoms with van der Waals surface area (Å²) in [7, 11) is -2.83. The van der Waals surface area contributed by atoms with Gasteiger partial charge in [0.05, 0.1) is 17.7 Å². The Bertz CT molecular complexity index is 1400. The standard InChI is InChI=1S/C29H34ClN3O5S/c1-20(2)31-29(35)22(4)32(18-23-9-7-6-8-10-23)28(34)19-33(26-17-24(30)13-16-27(26)38-5)39(36,37)25-14-11-21(3)12-15-25/h6-17,20,22H,18-19H2,1-5H3,(H,31,35). The fourth-order valence-corrected chi connectivity index (χ4v) is 5.56. The number of nitrogens with zero attached hydrogens (tertiary/aromatic N) is 2. The van der Waals surface area contributed by atoms with Gasteiger partial charge in [0.25, 0.3) is 10.0 Å². The highest BCUT2D eigenvalue weighted by atomic mass is 35.5. The average Bonchev–Trinajstić information content (AvgIpc) is 2.90. The van der Waals surface area contributed by atoms with Gasteiger partial charge in [0.15, 0.2) is 0 Å². The molecule has 3 aromatic carbocycles. The Labute approximate surface area is 235 Å². The lowest BCUT2D eigenvalue weighted by molar-refractivity contribution is -0.139. The van der Waals surface area contributed by atoms with Gasteiger partial charge in [0.2, 0.25) is 11.8 Å². The molecule has 39 heavy (non-hydrogen) atoms. The molecule has 0 heterocycles. The van der Waals surface area contributed by atoms with Crippen LogP contribution in [-0.2, 0) is 26.2 Å². The van der Waals surface area contributed by atoms with E-state index in [0.29, 0.717) is 0 Å². The van der Waals surface area contributed by atoms with Crippen LogP contribution in [0.4, 0.5) is 5.69 Å². The van der Waals surface area contributed by atoms with Gasteiger partial charge in [0.1, 0.15) is 18.3 Å². The molecular formula is C29H34ClN3O5S. The third-order valence-electron chi connectivity index (χ3n) is 6.09. The molecule has 0 radical (unpaired) electrons. The van der Waals surface area contributed by atoms with E-state index in [9.17, 15) is 18.0 Å². The molecule has 0 saturated carbocycles. The number of halogens is 1. The highest BCUT2D eigenvalue weighted by molar-refractivity contribution is 7.92. The molecule has 10 heteroatoms. The van der Waals surface area contributed by atoms with Crippen LogP contribution in [0.3, 0.4) is 0 Å². The fourth-order valence-electron chi connectivity index (χ4n) is 3.98. The molecular weight excluding hydrogens is 538 g/mol. The van der Waals surface area contributed by atoms with Crippen molar-refractivity contribution >= 4 is 39.1 Å². The summed E-state index contributed by atoms with van der Waals surface area (Å²) in [4.78, 5) is 28.3. The molecule has 0 saturated heterocycles. The van der Waals surface area contributed by atoms with Crippen molar-refractivity contribution in [1.82, 2.24) is 10.2 Å². The first kappa shape index (κ1) is 30.0. The van der Waals surface area contributed by atoms with Crippen LogP contribution in [0.5, 0.6) is 5.75 Å². The van der Waals surface area contributed by atoms with Crippen molar-refractivity contribution in [3.05, 3.63) is 88.9 Å². The summed E-state index contributed by atoms with van der Waals surface area (Å²) in [5, 5.41) is 3.11. The SMILES string of the molecule is COc1ccc(Cl)cc1N(CC(=O)N(Cc1ccccc1)C(C)C(=O)NC(C)C)S(=O)(=O)c1ccc(C)cc1. The number of amides is 2. The van der Waals surface area contributed by atoms with Gasteiger partial charge < -0.3 is 15.0 Å². The largest absolute Gasteiger partial charge is 0.495 e. The highest BCUT2D eigenvalue weighted by Crippen LogP contribution is 2.35. The summed E-state index contributed by atoms with van der Waals surface area (Å²) < 4.78 is 34.4. The lowest BCUT2D eigenvalue weighted by atomic mass is 10.1. The van der Waals surface area contributed by atoms with E-state index in [-0.39, 0.29) is 39.8 Å². The quantitative estimate of drug-likeness (QED) is 0.357. The summed E-state index contributed by atoms with van der Waals surface area (Å²) in [6.07, 6.45) is 0. The molecule has 0 aliphatic heterocycles. The topological polar surface area (TPSA) is 96.0 Å². The molecule has 3 aromatic rings. The van der Waals surface area contributed by atoms with Crippen LogP contribution in [0.2, 0.25) is 5.02 Å². The molecule has 2 amide bonds. The molecule has 3 rings (SSSR count). The summed E-state index contributed by atoms with van der Waals surface area (Å²) >= 11 is 6.26. The highest BCUT2D eigenvalue weighted by Gasteiger charge is 2.34. The van der Waals surface area contributed by atoms with Gasteiger partial charge in [-0.15, -0.1) is 0 Å². The minimum Gasteiger partial charge on any atom is -0.495 e. The molecule has 0 aromatic heterocycles. The number of carbonyl (C=O) groups is 2. The Morgan fingerprint density at radius 1 is 0.974 bits per heavy atom. The smallest absolute Gasteiger partial charge is 0.264 e. The van der Waals surface area contributed by atoms with E-state index in [1.165, 1.54) is 30.2 Å². The Kier molecular flexibility index (Phi) is 9.99. The number of hydrogen-bond acceptors (Lipinski definition) is 5. The van der Waals surface area contributed by atoms with Crippen LogP contribution in [0.1, 0.15) is 31.9 Å². The third kappa shape index (κ3) is 7.52. The minimum absolute atomic E-state index is 0.00290. The minimum atomic E-state index is -4.24. The molecule has 1 unspecified atom stereocenters. The normalized spacial score (nSPS) is 12.1. The van der Waals surface area contributed by atoms with Gasteiger partial charge in [-0.05, 0) is 63.6 Å². The summed E-state index contributed by atoms with van der Waals surface area (Å²) in [5.74, 6) is -0.686. The number of methoxy groups -OCH3 is 1. The van der Waals surface area contributed by atoms with Crippen LogP contribution >= 0.6 is 11.6 Å². The third-order valence-corrected chi connectivity index (χ3v) is 8.10. The Balaban J connectivity index is 2.09. The maximum Gasteiger partial charge on any atom is 0.264 e. The van der Waals surface area contributed by atoms with Crippen molar-refractivity contribution < 1.29 is 22.7 Å². The monoisotopic (exact) mass is 571 g/mol. The van der Waals surface area contributed by atoms with Crippen molar-refractivity contribution in [1.29, 1.82) is 0 Å². The second-order valence-electron chi connectivity index (χ2n) is 9.49. The predicted octanol–water partition coefficient (Wildman–Crippen LogP) is 4.79. The van der Waals surface area contributed by atoms with Crippen LogP contribution in [0.15, 0.2) is 77.7 Å². The van der Waals surface area contributed by atoms with E-state index in [0.717, 1.165) is 15.4 Å². The Morgan fingerprint density at radius 3 is 2.21 bits per heavy atom. The van der Waals surface area contributed by atoms with Crippen LogP contribution in [0, 0.1) is 6.92 Å². The van der Waals surface area contributed by atoms with E-state index in [1.54, 1.807) is 31.2 Å². The van der Waals surface area contributed by atoms with E-state index in [2.05, 4.69) is 5.32 Å². The second-order valence-corrected chi connectivity index (χ2v) is 11.8. The first-order valence-corrected chi connectivity index (χ1v) is 14.3. The van der Waals surface area contributed by atoms with E-state index in [1.807, 2.05) is 51.1 Å². The maximum atomic E-state index is 14.0. The summed E-state index contributed by atoms with van der Waals surface area (Å²) in [5.41, 5.74) is 1.79. The van der Waals surface area contributed by atoms with Crippen molar-refractivity contribution in [2.75, 3.05) is 18.0 Å². The van der Waals surface area contributed by atoms with Gasteiger partial charge in [0, 0.05) is 17.6 Å². The number of aryl methyl sites for hydroxylation is 1. The van der Waals surface area contributed by atoms with Crippen LogP contribution in [-0.4, -0.2) is 50.9 Å². The van der Waals surface area contributed by atoms with E-state index >= 15 is 0 Å². The van der Waals surface area contributed by atoms with Crippen molar-refractivity contribution in [3.8, 4) is 5.75 Å². The van der Waals surface area contributed by atoms with Gasteiger partial charge >= 0.3 is 0 Å². The van der Waals surface area contributed by atoms with Gasteiger partial charge in [-0.1, -0.05) is 59.6 Å². The van der Waals surface area contributed by atoms with Crippen molar-refractivity contribution in [2.24, 2.45) is 0 Å². The van der Waals surface area contributed by atoms with E-state index < -0.39 is 28.5 Å². The average molecular weight is 572 g/mol. The van der Waals surface area contributed by atoms with Gasteiger partial charge in [-0.2, -0.15) is 0 Å². The number of anilines is 1. The summed E-state index contributed by atoms with van der Waals surface area (Å²) in [6.45, 7) is 6.65. The molecule has 0 fully saturated rings. The number of hydrogen-bond donors (Lipinski definition) is 1.